The molecule has 3 atom stereocenters. The van der Waals surface area contributed by atoms with Gasteiger partial charge in [-0.15, -0.1) is 0 Å². The van der Waals surface area contributed by atoms with E-state index >= 15 is 0 Å². The third-order valence-corrected chi connectivity index (χ3v) is 4.06. The molecular formula is C15H24N2O2. The zero-order valence-corrected chi connectivity index (χ0v) is 12.0. The Balaban J connectivity index is 2.16. The van der Waals surface area contributed by atoms with E-state index in [0.29, 0.717) is 5.92 Å². The lowest BCUT2D eigenvalue weighted by atomic mass is 9.95. The van der Waals surface area contributed by atoms with Crippen molar-refractivity contribution < 1.29 is 9.84 Å². The van der Waals surface area contributed by atoms with Crippen molar-refractivity contribution in [3.63, 3.8) is 0 Å². The zero-order valence-electron chi connectivity index (χ0n) is 12.0. The number of rotatable bonds is 3. The predicted octanol–water partition coefficient (Wildman–Crippen LogP) is 2.27. The van der Waals surface area contributed by atoms with Crippen LogP contribution < -0.4 is 10.6 Å². The van der Waals surface area contributed by atoms with E-state index in [2.05, 4.69) is 11.8 Å². The second-order valence-corrected chi connectivity index (χ2v) is 5.52. The topological polar surface area (TPSA) is 58.7 Å². The fourth-order valence-electron chi connectivity index (χ4n) is 2.69. The van der Waals surface area contributed by atoms with Gasteiger partial charge >= 0.3 is 0 Å². The van der Waals surface area contributed by atoms with Crippen molar-refractivity contribution in [2.75, 3.05) is 25.1 Å². The van der Waals surface area contributed by atoms with Crippen molar-refractivity contribution in [3.8, 4) is 5.75 Å². The second-order valence-electron chi connectivity index (χ2n) is 5.52. The van der Waals surface area contributed by atoms with Crippen molar-refractivity contribution in [1.29, 1.82) is 0 Å². The number of ether oxygens (including phenoxy) is 1. The number of phenolic OH excluding ortho intramolecular Hbond substituents is 1. The van der Waals surface area contributed by atoms with Crippen LogP contribution >= 0.6 is 0 Å². The Kier molecular flexibility index (Phi) is 4.32. The summed E-state index contributed by atoms with van der Waals surface area (Å²) in [6.07, 6.45) is 1.36. The van der Waals surface area contributed by atoms with Crippen LogP contribution in [0.2, 0.25) is 0 Å². The van der Waals surface area contributed by atoms with Gasteiger partial charge in [-0.05, 0) is 25.3 Å². The zero-order chi connectivity index (χ0) is 14.0. The van der Waals surface area contributed by atoms with E-state index in [1.807, 2.05) is 19.1 Å². The van der Waals surface area contributed by atoms with Crippen molar-refractivity contribution >= 4 is 5.69 Å². The normalized spacial score (nSPS) is 25.4. The van der Waals surface area contributed by atoms with E-state index in [1.165, 1.54) is 0 Å². The molecule has 0 aliphatic carbocycles. The van der Waals surface area contributed by atoms with Gasteiger partial charge in [0.05, 0.1) is 6.10 Å². The summed E-state index contributed by atoms with van der Waals surface area (Å²) in [5.74, 6) is 0.860. The highest BCUT2D eigenvalue weighted by atomic mass is 16.5. The molecule has 3 N–H and O–H groups in total. The molecule has 106 valence electrons. The molecule has 1 aliphatic heterocycles. The van der Waals surface area contributed by atoms with E-state index in [0.717, 1.165) is 30.8 Å². The van der Waals surface area contributed by atoms with Crippen LogP contribution in [0.1, 0.15) is 31.9 Å². The smallest absolute Gasteiger partial charge is 0.122 e. The SMILES string of the molecule is COC1CN(c2ccc(C(C)N)c(O)c2)CCC1C. The van der Waals surface area contributed by atoms with E-state index in [1.54, 1.807) is 13.2 Å². The number of phenols is 1. The summed E-state index contributed by atoms with van der Waals surface area (Å²) >= 11 is 0. The number of nitrogens with two attached hydrogens (primary N) is 1. The third kappa shape index (κ3) is 3.01. The molecule has 2 rings (SSSR count). The van der Waals surface area contributed by atoms with Crippen LogP contribution in [0.3, 0.4) is 0 Å². The molecule has 1 saturated heterocycles. The molecule has 0 spiro atoms. The average molecular weight is 264 g/mol. The van der Waals surface area contributed by atoms with Crippen LogP contribution in [0.15, 0.2) is 18.2 Å². The Morgan fingerprint density at radius 2 is 2.21 bits per heavy atom. The van der Waals surface area contributed by atoms with Crippen LogP contribution in [0.5, 0.6) is 5.75 Å². The number of benzene rings is 1. The quantitative estimate of drug-likeness (QED) is 0.879. The summed E-state index contributed by atoms with van der Waals surface area (Å²) in [6, 6.07) is 5.60. The van der Waals surface area contributed by atoms with Crippen molar-refractivity contribution in [1.82, 2.24) is 0 Å². The lowest BCUT2D eigenvalue weighted by Gasteiger charge is -2.37. The van der Waals surface area contributed by atoms with E-state index in [9.17, 15) is 5.11 Å². The van der Waals surface area contributed by atoms with Gasteiger partial charge < -0.3 is 20.5 Å². The molecular weight excluding hydrogens is 240 g/mol. The molecule has 1 aromatic carbocycles. The molecule has 1 fully saturated rings. The first kappa shape index (κ1) is 14.2. The van der Waals surface area contributed by atoms with Crippen molar-refractivity contribution in [2.45, 2.75) is 32.4 Å². The summed E-state index contributed by atoms with van der Waals surface area (Å²) in [5.41, 5.74) is 7.64. The Labute approximate surface area is 115 Å². The molecule has 0 saturated carbocycles. The molecule has 4 heteroatoms. The molecule has 0 bridgehead atoms. The van der Waals surface area contributed by atoms with Crippen LogP contribution in [0, 0.1) is 5.92 Å². The first-order chi connectivity index (χ1) is 9.02. The summed E-state index contributed by atoms with van der Waals surface area (Å²) in [4.78, 5) is 2.26. The van der Waals surface area contributed by atoms with Gasteiger partial charge in [0.25, 0.3) is 0 Å². The molecule has 0 radical (unpaired) electrons. The maximum atomic E-state index is 10.0. The summed E-state index contributed by atoms with van der Waals surface area (Å²) in [6.45, 7) is 5.97. The monoisotopic (exact) mass is 264 g/mol. The molecule has 0 aromatic heterocycles. The highest BCUT2D eigenvalue weighted by Gasteiger charge is 2.26. The van der Waals surface area contributed by atoms with Gasteiger partial charge in [-0.1, -0.05) is 13.0 Å². The Morgan fingerprint density at radius 3 is 2.79 bits per heavy atom. The molecule has 1 aromatic rings. The largest absolute Gasteiger partial charge is 0.508 e. The number of nitrogens with zero attached hydrogens (tertiary/aromatic N) is 1. The number of methoxy groups -OCH3 is 1. The van der Waals surface area contributed by atoms with Crippen LogP contribution in [-0.2, 0) is 4.74 Å². The minimum absolute atomic E-state index is 0.151. The Bertz CT molecular complexity index is 434. The molecule has 0 amide bonds. The maximum absolute atomic E-state index is 10.0. The average Bonchev–Trinajstić information content (AvgIpc) is 2.38. The van der Waals surface area contributed by atoms with Crippen molar-refractivity contribution in [3.05, 3.63) is 23.8 Å². The summed E-state index contributed by atoms with van der Waals surface area (Å²) in [7, 11) is 1.77. The molecule has 4 nitrogen and oxygen atoms in total. The van der Waals surface area contributed by atoms with Gasteiger partial charge in [-0.3, -0.25) is 0 Å². The number of anilines is 1. The fourth-order valence-corrected chi connectivity index (χ4v) is 2.69. The van der Waals surface area contributed by atoms with E-state index in [-0.39, 0.29) is 17.9 Å². The highest BCUT2D eigenvalue weighted by molar-refractivity contribution is 5.54. The van der Waals surface area contributed by atoms with Crippen LogP contribution in [-0.4, -0.2) is 31.4 Å². The predicted molar refractivity (Wildman–Crippen MR) is 77.5 cm³/mol. The highest BCUT2D eigenvalue weighted by Crippen LogP contribution is 2.30. The molecule has 3 unspecified atom stereocenters. The van der Waals surface area contributed by atoms with Crippen LogP contribution in [0.25, 0.3) is 0 Å². The van der Waals surface area contributed by atoms with Crippen molar-refractivity contribution in [2.24, 2.45) is 11.7 Å². The summed E-state index contributed by atoms with van der Waals surface area (Å²) < 4.78 is 5.52. The van der Waals surface area contributed by atoms with Gasteiger partial charge in [0.15, 0.2) is 0 Å². The first-order valence-corrected chi connectivity index (χ1v) is 6.89. The fraction of sp³-hybridized carbons (Fsp3) is 0.600. The first-order valence-electron chi connectivity index (χ1n) is 6.89. The van der Waals surface area contributed by atoms with Gasteiger partial charge in [0.2, 0.25) is 0 Å². The van der Waals surface area contributed by atoms with Gasteiger partial charge in [0, 0.05) is 43.6 Å². The van der Waals surface area contributed by atoms with Crippen LogP contribution in [0.4, 0.5) is 5.69 Å². The maximum Gasteiger partial charge on any atom is 0.122 e. The number of piperidine rings is 1. The van der Waals surface area contributed by atoms with Gasteiger partial charge in [0.1, 0.15) is 5.75 Å². The lowest BCUT2D eigenvalue weighted by molar-refractivity contribution is 0.0498. The standard InChI is InChI=1S/C15H24N2O2/c1-10-6-7-17(9-15(10)19-3)12-4-5-13(11(2)16)14(18)8-12/h4-5,8,10-11,15,18H,6-7,9,16H2,1-3H3. The Hall–Kier alpha value is -1.26. The lowest BCUT2D eigenvalue weighted by Crippen LogP contribution is -2.43. The van der Waals surface area contributed by atoms with E-state index < -0.39 is 0 Å². The Morgan fingerprint density at radius 1 is 1.47 bits per heavy atom. The molecule has 1 heterocycles. The minimum atomic E-state index is -0.151. The van der Waals surface area contributed by atoms with Gasteiger partial charge in [-0.25, -0.2) is 0 Å². The number of hydrogen-bond donors (Lipinski definition) is 2. The second kappa shape index (κ2) is 5.80. The molecule has 19 heavy (non-hydrogen) atoms. The van der Waals surface area contributed by atoms with Gasteiger partial charge in [-0.2, -0.15) is 0 Å². The summed E-state index contributed by atoms with van der Waals surface area (Å²) in [5, 5.41) is 10.0. The third-order valence-electron chi connectivity index (χ3n) is 4.06. The number of hydrogen-bond acceptors (Lipinski definition) is 4. The molecule has 1 aliphatic rings. The van der Waals surface area contributed by atoms with E-state index in [4.69, 9.17) is 10.5 Å². The minimum Gasteiger partial charge on any atom is -0.508 e. The number of aromatic hydroxyl groups is 1.